The van der Waals surface area contributed by atoms with Gasteiger partial charge in [-0.2, -0.15) is 5.26 Å². The van der Waals surface area contributed by atoms with Crippen LogP contribution in [0.3, 0.4) is 0 Å². The predicted octanol–water partition coefficient (Wildman–Crippen LogP) is 2.39. The second kappa shape index (κ2) is 5.26. The van der Waals surface area contributed by atoms with Crippen LogP contribution in [0, 0.1) is 17.1 Å². The van der Waals surface area contributed by atoms with E-state index in [0.29, 0.717) is 16.4 Å². The molecule has 0 saturated carbocycles. The molecule has 0 saturated heterocycles. The normalized spacial score (nSPS) is 10.3. The summed E-state index contributed by atoms with van der Waals surface area (Å²) in [6.07, 6.45) is 1.47. The summed E-state index contributed by atoms with van der Waals surface area (Å²) < 4.78 is 13.4. The maximum atomic E-state index is 13.4. The van der Waals surface area contributed by atoms with Crippen molar-refractivity contribution in [1.29, 1.82) is 5.26 Å². The Morgan fingerprint density at radius 3 is 2.81 bits per heavy atom. The standard InChI is InChI=1S/C13H6ClFN6/c14-9-1-2-12(17-7-9)13-18-20-21(19-13)11-4-8(6-16)3-10(15)5-11/h1-5,7H. The van der Waals surface area contributed by atoms with Crippen molar-refractivity contribution in [1.82, 2.24) is 25.2 Å². The first-order valence-electron chi connectivity index (χ1n) is 5.79. The zero-order valence-corrected chi connectivity index (χ0v) is 11.2. The first-order valence-corrected chi connectivity index (χ1v) is 6.16. The van der Waals surface area contributed by atoms with E-state index in [1.54, 1.807) is 12.1 Å². The molecule has 0 N–H and O–H groups in total. The first kappa shape index (κ1) is 13.1. The second-order valence-corrected chi connectivity index (χ2v) is 4.51. The van der Waals surface area contributed by atoms with E-state index in [9.17, 15) is 4.39 Å². The summed E-state index contributed by atoms with van der Waals surface area (Å²) in [6.45, 7) is 0. The highest BCUT2D eigenvalue weighted by Gasteiger charge is 2.10. The fourth-order valence-electron chi connectivity index (χ4n) is 1.69. The third-order valence-electron chi connectivity index (χ3n) is 2.61. The molecule has 21 heavy (non-hydrogen) atoms. The van der Waals surface area contributed by atoms with Gasteiger partial charge >= 0.3 is 0 Å². The fourth-order valence-corrected chi connectivity index (χ4v) is 1.80. The topological polar surface area (TPSA) is 80.3 Å². The molecule has 0 radical (unpaired) electrons. The minimum Gasteiger partial charge on any atom is -0.251 e. The van der Waals surface area contributed by atoms with Gasteiger partial charge in [-0.25, -0.2) is 4.39 Å². The molecule has 6 nitrogen and oxygen atoms in total. The minimum absolute atomic E-state index is 0.175. The molecule has 0 aliphatic rings. The Kier molecular flexibility index (Phi) is 3.30. The van der Waals surface area contributed by atoms with Crippen LogP contribution >= 0.6 is 11.6 Å². The van der Waals surface area contributed by atoms with Crippen molar-refractivity contribution in [3.63, 3.8) is 0 Å². The highest BCUT2D eigenvalue weighted by molar-refractivity contribution is 6.30. The molecule has 0 spiro atoms. The predicted molar refractivity (Wildman–Crippen MR) is 72.1 cm³/mol. The number of tetrazole rings is 1. The lowest BCUT2D eigenvalue weighted by atomic mass is 10.2. The number of aromatic nitrogens is 5. The van der Waals surface area contributed by atoms with E-state index < -0.39 is 5.82 Å². The van der Waals surface area contributed by atoms with Crippen LogP contribution in [0.15, 0.2) is 36.5 Å². The first-order chi connectivity index (χ1) is 10.2. The molecule has 102 valence electrons. The van der Waals surface area contributed by atoms with E-state index in [1.807, 2.05) is 6.07 Å². The van der Waals surface area contributed by atoms with E-state index in [1.165, 1.54) is 18.3 Å². The SMILES string of the molecule is N#Cc1cc(F)cc(-n2nnc(-c3ccc(Cl)cn3)n2)c1. The smallest absolute Gasteiger partial charge is 0.223 e. The van der Waals surface area contributed by atoms with Crippen molar-refractivity contribution in [2.45, 2.75) is 0 Å². The molecule has 0 fully saturated rings. The Morgan fingerprint density at radius 1 is 1.24 bits per heavy atom. The van der Waals surface area contributed by atoms with Crippen LogP contribution in [0.1, 0.15) is 5.56 Å². The van der Waals surface area contributed by atoms with Gasteiger partial charge in [-0.1, -0.05) is 11.6 Å². The number of hydrogen-bond donors (Lipinski definition) is 0. The molecule has 0 bridgehead atoms. The lowest BCUT2D eigenvalue weighted by Crippen LogP contribution is -2.00. The number of benzene rings is 1. The number of nitriles is 1. The zero-order valence-electron chi connectivity index (χ0n) is 10.4. The Bertz CT molecular complexity index is 837. The highest BCUT2D eigenvalue weighted by atomic mass is 35.5. The molecule has 0 atom stereocenters. The van der Waals surface area contributed by atoms with Gasteiger partial charge in [-0.15, -0.1) is 15.0 Å². The minimum atomic E-state index is -0.549. The second-order valence-electron chi connectivity index (χ2n) is 4.07. The number of pyridine rings is 1. The van der Waals surface area contributed by atoms with Gasteiger partial charge < -0.3 is 0 Å². The van der Waals surface area contributed by atoms with Gasteiger partial charge in [0.2, 0.25) is 5.82 Å². The molecule has 3 aromatic rings. The van der Waals surface area contributed by atoms with Gasteiger partial charge in [0.15, 0.2) is 0 Å². The van der Waals surface area contributed by atoms with Crippen molar-refractivity contribution >= 4 is 11.6 Å². The molecule has 8 heteroatoms. The van der Waals surface area contributed by atoms with Crippen LogP contribution in [-0.4, -0.2) is 25.2 Å². The number of hydrogen-bond acceptors (Lipinski definition) is 5. The summed E-state index contributed by atoms with van der Waals surface area (Å²) in [5.41, 5.74) is 0.968. The average Bonchev–Trinajstić information content (AvgIpc) is 2.97. The van der Waals surface area contributed by atoms with Gasteiger partial charge in [0.25, 0.3) is 0 Å². The zero-order chi connectivity index (χ0) is 14.8. The van der Waals surface area contributed by atoms with Crippen molar-refractivity contribution in [2.24, 2.45) is 0 Å². The van der Waals surface area contributed by atoms with E-state index in [2.05, 4.69) is 20.4 Å². The lowest BCUT2D eigenvalue weighted by molar-refractivity contribution is 0.620. The van der Waals surface area contributed by atoms with Gasteiger partial charge in [-0.3, -0.25) is 4.98 Å². The van der Waals surface area contributed by atoms with E-state index >= 15 is 0 Å². The van der Waals surface area contributed by atoms with Gasteiger partial charge in [0, 0.05) is 12.3 Å². The van der Waals surface area contributed by atoms with Crippen molar-refractivity contribution < 1.29 is 4.39 Å². The Labute approximate surface area is 123 Å². The summed E-state index contributed by atoms with van der Waals surface area (Å²) >= 11 is 5.75. The van der Waals surface area contributed by atoms with Crippen LogP contribution in [-0.2, 0) is 0 Å². The molecule has 0 aliphatic carbocycles. The highest BCUT2D eigenvalue weighted by Crippen LogP contribution is 2.16. The summed E-state index contributed by atoms with van der Waals surface area (Å²) in [4.78, 5) is 5.20. The van der Waals surface area contributed by atoms with Crippen molar-refractivity contribution in [3.05, 3.63) is 52.9 Å². The molecular weight excluding hydrogens is 295 g/mol. The Morgan fingerprint density at radius 2 is 2.10 bits per heavy atom. The summed E-state index contributed by atoms with van der Waals surface area (Å²) in [5, 5.41) is 21.1. The van der Waals surface area contributed by atoms with E-state index in [-0.39, 0.29) is 11.4 Å². The van der Waals surface area contributed by atoms with E-state index in [0.717, 1.165) is 10.9 Å². The number of halogens is 2. The maximum Gasteiger partial charge on any atom is 0.223 e. The van der Waals surface area contributed by atoms with E-state index in [4.69, 9.17) is 16.9 Å². The van der Waals surface area contributed by atoms with Crippen LogP contribution in [0.4, 0.5) is 4.39 Å². The summed E-state index contributed by atoms with van der Waals surface area (Å²) in [6, 6.07) is 8.97. The summed E-state index contributed by atoms with van der Waals surface area (Å²) in [5.74, 6) is -0.276. The Balaban J connectivity index is 2.00. The quantitative estimate of drug-likeness (QED) is 0.726. The monoisotopic (exact) mass is 300 g/mol. The lowest BCUT2D eigenvalue weighted by Gasteiger charge is -1.99. The van der Waals surface area contributed by atoms with Gasteiger partial charge in [0.1, 0.15) is 11.5 Å². The largest absolute Gasteiger partial charge is 0.251 e. The molecular formula is C13H6ClFN6. The molecule has 3 rings (SSSR count). The third-order valence-corrected chi connectivity index (χ3v) is 2.84. The summed E-state index contributed by atoms with van der Waals surface area (Å²) in [7, 11) is 0. The molecule has 1 aromatic carbocycles. The molecule has 0 amide bonds. The van der Waals surface area contributed by atoms with Crippen LogP contribution in [0.25, 0.3) is 17.2 Å². The Hall–Kier alpha value is -2.85. The van der Waals surface area contributed by atoms with Gasteiger partial charge in [-0.05, 0) is 29.5 Å². The van der Waals surface area contributed by atoms with Crippen LogP contribution in [0.5, 0.6) is 0 Å². The average molecular weight is 301 g/mol. The van der Waals surface area contributed by atoms with Crippen LogP contribution in [0.2, 0.25) is 5.02 Å². The number of rotatable bonds is 2. The van der Waals surface area contributed by atoms with Crippen LogP contribution < -0.4 is 0 Å². The van der Waals surface area contributed by atoms with Crippen molar-refractivity contribution in [3.8, 4) is 23.3 Å². The fraction of sp³-hybridized carbons (Fsp3) is 0. The number of nitrogens with zero attached hydrogens (tertiary/aromatic N) is 6. The molecule has 2 heterocycles. The molecule has 0 aliphatic heterocycles. The third kappa shape index (κ3) is 2.70. The maximum absolute atomic E-state index is 13.4. The molecule has 2 aromatic heterocycles. The van der Waals surface area contributed by atoms with Crippen molar-refractivity contribution in [2.75, 3.05) is 0 Å². The van der Waals surface area contributed by atoms with Gasteiger partial charge in [0.05, 0.1) is 22.3 Å². The molecule has 0 unspecified atom stereocenters.